The molecule has 0 amide bonds. The quantitative estimate of drug-likeness (QED) is 0.818. The van der Waals surface area contributed by atoms with Gasteiger partial charge in [0.1, 0.15) is 0 Å². The Morgan fingerprint density at radius 3 is 2.33 bits per heavy atom. The molecule has 0 saturated heterocycles. The normalized spacial score (nSPS) is 12.9. The molecule has 1 N–H and O–H groups in total. The molecule has 0 fully saturated rings. The van der Waals surface area contributed by atoms with Crippen molar-refractivity contribution in [2.75, 3.05) is 5.88 Å². The second-order valence-electron chi connectivity index (χ2n) is 4.15. The highest BCUT2D eigenvalue weighted by atomic mass is 35.5. The number of aryl methyl sites for hydroxylation is 1. The van der Waals surface area contributed by atoms with Crippen molar-refractivity contribution in [3.63, 3.8) is 0 Å². The van der Waals surface area contributed by atoms with Gasteiger partial charge in [-0.2, -0.15) is 5.10 Å². The zero-order chi connectivity index (χ0) is 14.0. The van der Waals surface area contributed by atoms with Gasteiger partial charge in [-0.25, -0.2) is 13.1 Å². The van der Waals surface area contributed by atoms with Crippen molar-refractivity contribution in [1.29, 1.82) is 0 Å². The average Bonchev–Trinajstić information content (AvgIpc) is 2.67. The van der Waals surface area contributed by atoms with E-state index in [0.717, 1.165) is 0 Å². The predicted octanol–water partition coefficient (Wildman–Crippen LogP) is 2.15. The number of hydrogen-bond acceptors (Lipinski definition) is 3. The van der Waals surface area contributed by atoms with Crippen molar-refractivity contribution in [1.82, 2.24) is 14.5 Å². The Hall–Kier alpha value is -0.300. The zero-order valence-corrected chi connectivity index (χ0v) is 12.9. The highest BCUT2D eigenvalue weighted by molar-refractivity contribution is 7.89. The first kappa shape index (κ1) is 15.8. The van der Waals surface area contributed by atoms with Crippen LogP contribution >= 0.6 is 23.2 Å². The number of nitrogens with zero attached hydrogens (tertiary/aromatic N) is 2. The van der Waals surface area contributed by atoms with E-state index in [1.807, 2.05) is 13.8 Å². The fraction of sp³-hybridized carbons (Fsp3) is 0.700. The molecule has 0 saturated carbocycles. The number of sulfonamides is 1. The van der Waals surface area contributed by atoms with E-state index in [-0.39, 0.29) is 15.9 Å². The van der Waals surface area contributed by atoms with Crippen LogP contribution in [0.2, 0.25) is 5.02 Å². The standard InChI is InChI=1S/C10H17Cl2N3O2S/c1-4-10(5-2,7-11)14-18(16,17)9-8(12)6-13-15(9)3/h6,14H,4-5,7H2,1-3H3. The average molecular weight is 314 g/mol. The Labute approximate surface area is 118 Å². The molecule has 1 rings (SSSR count). The van der Waals surface area contributed by atoms with Crippen molar-refractivity contribution < 1.29 is 8.42 Å². The highest BCUT2D eigenvalue weighted by Gasteiger charge is 2.34. The Kier molecular flexibility index (Phi) is 5.05. The van der Waals surface area contributed by atoms with Crippen molar-refractivity contribution in [3.05, 3.63) is 11.2 Å². The minimum Gasteiger partial charge on any atom is -0.255 e. The summed E-state index contributed by atoms with van der Waals surface area (Å²) in [5.41, 5.74) is -0.659. The van der Waals surface area contributed by atoms with Crippen LogP contribution in [-0.2, 0) is 17.1 Å². The van der Waals surface area contributed by atoms with Crippen molar-refractivity contribution in [3.8, 4) is 0 Å². The molecule has 0 aliphatic rings. The van der Waals surface area contributed by atoms with Crippen molar-refractivity contribution in [2.24, 2.45) is 7.05 Å². The van der Waals surface area contributed by atoms with Crippen LogP contribution in [0.5, 0.6) is 0 Å². The topological polar surface area (TPSA) is 64.0 Å². The third-order valence-corrected chi connectivity index (χ3v) is 5.65. The van der Waals surface area contributed by atoms with E-state index in [9.17, 15) is 8.42 Å². The number of nitrogens with one attached hydrogen (secondary N) is 1. The SMILES string of the molecule is CCC(CC)(CCl)NS(=O)(=O)c1c(Cl)cnn1C. The largest absolute Gasteiger partial charge is 0.259 e. The van der Waals surface area contributed by atoms with Gasteiger partial charge >= 0.3 is 0 Å². The molecule has 0 unspecified atom stereocenters. The summed E-state index contributed by atoms with van der Waals surface area (Å²) < 4.78 is 28.5. The molecular formula is C10H17Cl2N3O2S. The summed E-state index contributed by atoms with van der Waals surface area (Å²) >= 11 is 11.7. The maximum Gasteiger partial charge on any atom is 0.259 e. The van der Waals surface area contributed by atoms with Crippen LogP contribution in [0.3, 0.4) is 0 Å². The Morgan fingerprint density at radius 1 is 1.44 bits per heavy atom. The van der Waals surface area contributed by atoms with Crippen molar-refractivity contribution in [2.45, 2.75) is 37.3 Å². The summed E-state index contributed by atoms with van der Waals surface area (Å²) in [4.78, 5) is 0. The molecule has 0 spiro atoms. The zero-order valence-electron chi connectivity index (χ0n) is 10.6. The number of hydrogen-bond donors (Lipinski definition) is 1. The smallest absolute Gasteiger partial charge is 0.255 e. The van der Waals surface area contributed by atoms with Gasteiger partial charge in [0, 0.05) is 18.5 Å². The lowest BCUT2D eigenvalue weighted by Crippen LogP contribution is -2.49. The lowest BCUT2D eigenvalue weighted by Gasteiger charge is -2.30. The van der Waals surface area contributed by atoms with Gasteiger partial charge in [0.05, 0.1) is 11.2 Å². The van der Waals surface area contributed by atoms with E-state index in [1.54, 1.807) is 0 Å². The first-order valence-electron chi connectivity index (χ1n) is 5.59. The molecule has 5 nitrogen and oxygen atoms in total. The molecule has 18 heavy (non-hydrogen) atoms. The number of rotatable bonds is 6. The molecule has 104 valence electrons. The molecule has 1 aromatic rings. The van der Waals surface area contributed by atoms with Gasteiger partial charge in [0.25, 0.3) is 10.0 Å². The van der Waals surface area contributed by atoms with Crippen LogP contribution in [0.4, 0.5) is 0 Å². The highest BCUT2D eigenvalue weighted by Crippen LogP contribution is 2.24. The second kappa shape index (κ2) is 5.77. The Morgan fingerprint density at radius 2 is 2.00 bits per heavy atom. The van der Waals surface area contributed by atoms with E-state index in [0.29, 0.717) is 12.8 Å². The van der Waals surface area contributed by atoms with E-state index in [1.165, 1.54) is 17.9 Å². The molecule has 0 aliphatic heterocycles. The van der Waals surface area contributed by atoms with Gasteiger partial charge < -0.3 is 0 Å². The van der Waals surface area contributed by atoms with E-state index in [2.05, 4.69) is 9.82 Å². The number of aromatic nitrogens is 2. The van der Waals surface area contributed by atoms with Gasteiger partial charge in [-0.15, -0.1) is 11.6 Å². The first-order chi connectivity index (χ1) is 8.32. The number of halogens is 2. The van der Waals surface area contributed by atoms with Crippen LogP contribution in [0.1, 0.15) is 26.7 Å². The van der Waals surface area contributed by atoms with Gasteiger partial charge in [0.2, 0.25) is 0 Å². The second-order valence-corrected chi connectivity index (χ2v) is 6.42. The molecule has 0 bridgehead atoms. The maximum absolute atomic E-state index is 12.3. The third kappa shape index (κ3) is 2.99. The molecule has 0 atom stereocenters. The summed E-state index contributed by atoms with van der Waals surface area (Å²) in [7, 11) is -2.21. The summed E-state index contributed by atoms with van der Waals surface area (Å²) in [6.07, 6.45) is 2.50. The summed E-state index contributed by atoms with van der Waals surface area (Å²) in [6.45, 7) is 3.78. The first-order valence-corrected chi connectivity index (χ1v) is 7.99. The Balaban J connectivity index is 3.17. The van der Waals surface area contributed by atoms with Crippen LogP contribution < -0.4 is 4.72 Å². The molecule has 1 heterocycles. The lowest BCUT2D eigenvalue weighted by molar-refractivity contribution is 0.392. The third-order valence-electron chi connectivity index (χ3n) is 3.06. The lowest BCUT2D eigenvalue weighted by atomic mass is 9.97. The molecule has 0 radical (unpaired) electrons. The minimum absolute atomic E-state index is 0.0411. The van der Waals surface area contributed by atoms with Gasteiger partial charge in [-0.1, -0.05) is 25.4 Å². The molecule has 8 heteroatoms. The van der Waals surface area contributed by atoms with Gasteiger partial charge in [-0.3, -0.25) is 4.68 Å². The minimum atomic E-state index is -3.74. The van der Waals surface area contributed by atoms with Crippen LogP contribution in [0, 0.1) is 0 Å². The van der Waals surface area contributed by atoms with Gasteiger partial charge in [-0.05, 0) is 12.8 Å². The fourth-order valence-corrected chi connectivity index (χ4v) is 4.37. The summed E-state index contributed by atoms with van der Waals surface area (Å²) in [6, 6.07) is 0. The van der Waals surface area contributed by atoms with Crippen LogP contribution in [0.25, 0.3) is 0 Å². The number of alkyl halides is 1. The molecular weight excluding hydrogens is 297 g/mol. The molecule has 0 aromatic carbocycles. The Bertz CT molecular complexity index is 481. The van der Waals surface area contributed by atoms with Gasteiger partial charge in [0.15, 0.2) is 5.03 Å². The monoisotopic (exact) mass is 313 g/mol. The molecule has 0 aliphatic carbocycles. The van der Waals surface area contributed by atoms with Crippen molar-refractivity contribution >= 4 is 33.2 Å². The molecule has 1 aromatic heterocycles. The van der Waals surface area contributed by atoms with Crippen LogP contribution in [0.15, 0.2) is 11.2 Å². The maximum atomic E-state index is 12.3. The summed E-state index contributed by atoms with van der Waals surface area (Å²) in [5, 5.41) is 3.88. The van der Waals surface area contributed by atoms with E-state index >= 15 is 0 Å². The van der Waals surface area contributed by atoms with E-state index in [4.69, 9.17) is 23.2 Å². The van der Waals surface area contributed by atoms with Crippen LogP contribution in [-0.4, -0.2) is 29.6 Å². The summed E-state index contributed by atoms with van der Waals surface area (Å²) in [5.74, 6) is 0.203. The van der Waals surface area contributed by atoms with E-state index < -0.39 is 15.6 Å². The fourth-order valence-electron chi connectivity index (χ4n) is 1.65. The predicted molar refractivity (Wildman–Crippen MR) is 72.6 cm³/mol.